The number of H-pyrrole nitrogens is 1. The summed E-state index contributed by atoms with van der Waals surface area (Å²) in [5.74, 6) is 3.07. The summed E-state index contributed by atoms with van der Waals surface area (Å²) in [4.78, 5) is 38.7. The number of aromatic amines is 1. The Bertz CT molecular complexity index is 1620. The normalized spacial score (nSPS) is 18.5. The van der Waals surface area contributed by atoms with Gasteiger partial charge in [0.15, 0.2) is 0 Å². The molecule has 1 heterocycles. The molecular weight excluding hydrogens is 636 g/mol. The van der Waals surface area contributed by atoms with E-state index in [0.717, 1.165) is 10.4 Å². The van der Waals surface area contributed by atoms with Crippen molar-refractivity contribution >= 4 is 36.4 Å². The molecule has 3 atom stereocenters. The van der Waals surface area contributed by atoms with E-state index >= 15 is 0 Å². The van der Waals surface area contributed by atoms with Gasteiger partial charge < -0.3 is 14.5 Å². The van der Waals surface area contributed by atoms with Gasteiger partial charge in [0.2, 0.25) is 0 Å². The fourth-order valence-electron chi connectivity index (χ4n) is 6.02. The SMILES string of the molecule is CSCOC1C[C@H](n2cc(C#CCNC(=O)C(F)(F)F)c(=O)[nH]c2=O)C[C@@H]1CO[Si](c1ccccc1)(c1ccccc1)C(C)(C)C. The van der Waals surface area contributed by atoms with Gasteiger partial charge in [0, 0.05) is 24.8 Å². The first-order valence-electron chi connectivity index (χ1n) is 14.8. The number of aromatic nitrogens is 2. The smallest absolute Gasteiger partial charge is 0.407 e. The first-order chi connectivity index (χ1) is 21.8. The van der Waals surface area contributed by atoms with Crippen molar-refractivity contribution < 1.29 is 27.1 Å². The van der Waals surface area contributed by atoms with Crippen molar-refractivity contribution in [3.05, 3.63) is 93.3 Å². The Morgan fingerprint density at radius 2 is 1.65 bits per heavy atom. The lowest BCUT2D eigenvalue weighted by molar-refractivity contribution is -0.173. The zero-order chi connectivity index (χ0) is 33.5. The molecular formula is C33H38F3N3O5SSi. The maximum absolute atomic E-state index is 13.0. The lowest BCUT2D eigenvalue weighted by Gasteiger charge is -2.43. The maximum Gasteiger partial charge on any atom is 0.471 e. The maximum atomic E-state index is 13.0. The Morgan fingerprint density at radius 1 is 1.04 bits per heavy atom. The molecule has 1 aromatic heterocycles. The third-order valence-electron chi connectivity index (χ3n) is 8.11. The van der Waals surface area contributed by atoms with Crippen LogP contribution in [0.2, 0.25) is 5.04 Å². The third-order valence-corrected chi connectivity index (χ3v) is 13.5. The Hall–Kier alpha value is -3.57. The summed E-state index contributed by atoms with van der Waals surface area (Å²) in [5.41, 5.74) is -1.49. The molecule has 1 aliphatic carbocycles. The van der Waals surface area contributed by atoms with Crippen LogP contribution in [0.15, 0.2) is 76.4 Å². The van der Waals surface area contributed by atoms with Gasteiger partial charge in [0.05, 0.1) is 18.6 Å². The summed E-state index contributed by atoms with van der Waals surface area (Å²) in [6, 6.07) is 20.2. The second-order valence-corrected chi connectivity index (χ2v) is 17.3. The number of carbonyl (C=O) groups is 1. The number of thioether (sulfide) groups is 1. The number of rotatable bonds is 10. The molecule has 0 aliphatic heterocycles. The van der Waals surface area contributed by atoms with Crippen molar-refractivity contribution in [2.45, 2.75) is 57.0 Å². The minimum Gasteiger partial charge on any atom is -0.407 e. The van der Waals surface area contributed by atoms with Crippen LogP contribution >= 0.6 is 11.8 Å². The van der Waals surface area contributed by atoms with Crippen LogP contribution in [-0.2, 0) is 14.0 Å². The average Bonchev–Trinajstić information content (AvgIpc) is 3.41. The highest BCUT2D eigenvalue weighted by atomic mass is 32.2. The zero-order valence-corrected chi connectivity index (χ0v) is 28.0. The average molecular weight is 674 g/mol. The van der Waals surface area contributed by atoms with Crippen molar-refractivity contribution in [1.29, 1.82) is 0 Å². The number of alkyl halides is 3. The van der Waals surface area contributed by atoms with Gasteiger partial charge in [-0.1, -0.05) is 93.3 Å². The van der Waals surface area contributed by atoms with Gasteiger partial charge in [-0.3, -0.25) is 19.1 Å². The predicted octanol–water partition coefficient (Wildman–Crippen LogP) is 3.80. The first-order valence-corrected chi connectivity index (χ1v) is 18.1. The Labute approximate surface area is 271 Å². The van der Waals surface area contributed by atoms with Crippen molar-refractivity contribution in [3.63, 3.8) is 0 Å². The molecule has 1 saturated carbocycles. The van der Waals surface area contributed by atoms with Crippen LogP contribution in [0, 0.1) is 17.8 Å². The van der Waals surface area contributed by atoms with E-state index in [4.69, 9.17) is 9.16 Å². The number of halogens is 3. The number of benzene rings is 2. The molecule has 0 saturated heterocycles. The number of hydrogen-bond acceptors (Lipinski definition) is 6. The Balaban J connectivity index is 1.63. The van der Waals surface area contributed by atoms with E-state index in [1.54, 1.807) is 17.1 Å². The summed E-state index contributed by atoms with van der Waals surface area (Å²) in [6.45, 7) is 6.37. The fourth-order valence-corrected chi connectivity index (χ4v) is 11.0. The van der Waals surface area contributed by atoms with E-state index in [-0.39, 0.29) is 28.7 Å². The molecule has 1 amide bonds. The largest absolute Gasteiger partial charge is 0.471 e. The van der Waals surface area contributed by atoms with Gasteiger partial charge >= 0.3 is 17.8 Å². The van der Waals surface area contributed by atoms with Crippen LogP contribution < -0.4 is 26.9 Å². The van der Waals surface area contributed by atoms with Crippen molar-refractivity contribution in [2.24, 2.45) is 5.92 Å². The minimum absolute atomic E-state index is 0.0789. The highest BCUT2D eigenvalue weighted by Crippen LogP contribution is 2.41. The monoisotopic (exact) mass is 673 g/mol. The van der Waals surface area contributed by atoms with Crippen LogP contribution in [0.1, 0.15) is 45.2 Å². The molecule has 46 heavy (non-hydrogen) atoms. The molecule has 3 aromatic rings. The summed E-state index contributed by atoms with van der Waals surface area (Å²) in [7, 11) is -2.84. The summed E-state index contributed by atoms with van der Waals surface area (Å²) in [6.07, 6.45) is -1.01. The lowest BCUT2D eigenvalue weighted by Crippen LogP contribution is -2.67. The molecule has 2 N–H and O–H groups in total. The summed E-state index contributed by atoms with van der Waals surface area (Å²) in [5, 5.41) is 3.71. The van der Waals surface area contributed by atoms with Crippen molar-refractivity contribution in [2.75, 3.05) is 25.3 Å². The second kappa shape index (κ2) is 14.9. The number of nitrogens with zero attached hydrogens (tertiary/aromatic N) is 1. The molecule has 0 spiro atoms. The van der Waals surface area contributed by atoms with Gasteiger partial charge in [0.1, 0.15) is 5.56 Å². The van der Waals surface area contributed by atoms with Crippen LogP contribution in [0.25, 0.3) is 0 Å². The van der Waals surface area contributed by atoms with Crippen LogP contribution in [0.5, 0.6) is 0 Å². The predicted molar refractivity (Wildman–Crippen MR) is 176 cm³/mol. The van der Waals surface area contributed by atoms with Crippen molar-refractivity contribution in [1.82, 2.24) is 14.9 Å². The molecule has 0 bridgehead atoms. The van der Waals surface area contributed by atoms with E-state index in [9.17, 15) is 27.6 Å². The van der Waals surface area contributed by atoms with Gasteiger partial charge in [-0.15, -0.1) is 11.8 Å². The molecule has 2 aromatic carbocycles. The number of nitrogens with one attached hydrogen (secondary N) is 2. The number of ether oxygens (including phenoxy) is 1. The van der Waals surface area contributed by atoms with Gasteiger partial charge in [-0.05, 0) is 34.5 Å². The van der Waals surface area contributed by atoms with Crippen LogP contribution in [0.4, 0.5) is 13.2 Å². The third kappa shape index (κ3) is 8.04. The van der Waals surface area contributed by atoms with E-state index in [2.05, 4.69) is 61.9 Å². The number of carbonyl (C=O) groups excluding carboxylic acids is 1. The van der Waals surface area contributed by atoms with Crippen molar-refractivity contribution in [3.8, 4) is 11.8 Å². The molecule has 1 unspecified atom stereocenters. The van der Waals surface area contributed by atoms with Gasteiger partial charge in [0.25, 0.3) is 13.9 Å². The topological polar surface area (TPSA) is 102 Å². The van der Waals surface area contributed by atoms with E-state index in [0.29, 0.717) is 25.4 Å². The second-order valence-electron chi connectivity index (χ2n) is 12.2. The zero-order valence-electron chi connectivity index (χ0n) is 26.1. The quantitative estimate of drug-likeness (QED) is 0.193. The summed E-state index contributed by atoms with van der Waals surface area (Å²) >= 11 is 1.54. The number of hydrogen-bond donors (Lipinski definition) is 2. The first kappa shape index (κ1) is 35.3. The van der Waals surface area contributed by atoms with E-state index in [1.165, 1.54) is 10.8 Å². The summed E-state index contributed by atoms with van der Waals surface area (Å²) < 4.78 is 52.2. The molecule has 13 heteroatoms. The van der Waals surface area contributed by atoms with E-state index in [1.807, 2.05) is 42.7 Å². The fraction of sp³-hybridized carbons (Fsp3) is 0.424. The molecule has 0 radical (unpaired) electrons. The standard InChI is InChI=1S/C33H38F3N3O5SSi/c1-32(2,3)46(26-13-7-5-8-14-26,27-15-9-6-10-16-27)44-21-24-18-25(19-28(24)43-22-45-4)39-20-23(29(40)38-31(39)42)12-11-17-37-30(41)33(34,35)36/h5-10,13-16,20,24-25,28H,17-19,21-22H2,1-4H3,(H,37,41)(H,38,40,42)/t24-,25-,28?/m1/s1. The molecule has 1 aliphatic rings. The van der Waals surface area contributed by atoms with E-state index < -0.39 is 38.2 Å². The molecule has 4 rings (SSSR count). The highest BCUT2D eigenvalue weighted by Gasteiger charge is 2.51. The molecule has 1 fully saturated rings. The Kier molecular flexibility index (Phi) is 11.4. The van der Waals surface area contributed by atoms with Crippen LogP contribution in [0.3, 0.4) is 0 Å². The minimum atomic E-state index is -5.04. The van der Waals surface area contributed by atoms with Gasteiger partial charge in [-0.25, -0.2) is 4.79 Å². The lowest BCUT2D eigenvalue weighted by atomic mass is 10.1. The molecule has 8 nitrogen and oxygen atoms in total. The van der Waals surface area contributed by atoms with Crippen LogP contribution in [-0.4, -0.2) is 61.4 Å². The highest BCUT2D eigenvalue weighted by molar-refractivity contribution is 7.98. The Morgan fingerprint density at radius 3 is 2.20 bits per heavy atom. The molecule has 246 valence electrons. The van der Waals surface area contributed by atoms with Gasteiger partial charge in [-0.2, -0.15) is 13.2 Å². The number of amides is 1.